The van der Waals surface area contributed by atoms with Crippen LogP contribution in [0.4, 0.5) is 0 Å². The second kappa shape index (κ2) is 7.55. The summed E-state index contributed by atoms with van der Waals surface area (Å²) in [5.41, 5.74) is 3.82. The number of nitrogens with zero attached hydrogens (tertiary/aromatic N) is 1. The van der Waals surface area contributed by atoms with Crippen molar-refractivity contribution in [1.29, 1.82) is 0 Å². The summed E-state index contributed by atoms with van der Waals surface area (Å²) < 4.78 is 1.13. The molecule has 2 aromatic rings. The van der Waals surface area contributed by atoms with Crippen LogP contribution in [-0.4, -0.2) is 11.5 Å². The van der Waals surface area contributed by atoms with Crippen molar-refractivity contribution in [3.8, 4) is 0 Å². The van der Waals surface area contributed by atoms with E-state index in [-0.39, 0.29) is 6.04 Å². The molecule has 0 amide bonds. The van der Waals surface area contributed by atoms with Gasteiger partial charge in [0.25, 0.3) is 0 Å². The van der Waals surface area contributed by atoms with Crippen molar-refractivity contribution in [2.24, 2.45) is 0 Å². The van der Waals surface area contributed by atoms with Crippen LogP contribution >= 0.6 is 15.9 Å². The molecular weight excluding hydrogens is 312 g/mol. The van der Waals surface area contributed by atoms with Gasteiger partial charge in [0.05, 0.1) is 11.7 Å². The summed E-state index contributed by atoms with van der Waals surface area (Å²) in [6.07, 6.45) is 3.86. The number of halogens is 1. The van der Waals surface area contributed by atoms with Crippen molar-refractivity contribution in [1.82, 2.24) is 10.3 Å². The molecule has 2 rings (SSSR count). The van der Waals surface area contributed by atoms with Crippen LogP contribution in [0.2, 0.25) is 0 Å². The number of likely N-dealkylation sites (N-methyl/N-ethyl adjacent to an activating group) is 1. The fourth-order valence-corrected chi connectivity index (χ4v) is 2.92. The number of aryl methyl sites for hydroxylation is 1. The van der Waals surface area contributed by atoms with Gasteiger partial charge in [-0.3, -0.25) is 4.98 Å². The Balaban J connectivity index is 2.26. The first-order valence-corrected chi connectivity index (χ1v) is 7.95. The van der Waals surface area contributed by atoms with E-state index in [0.717, 1.165) is 23.9 Å². The fourth-order valence-electron chi connectivity index (χ4n) is 2.48. The first-order valence-electron chi connectivity index (χ1n) is 7.16. The first-order chi connectivity index (χ1) is 9.74. The maximum Gasteiger partial charge on any atom is 0.0608 e. The van der Waals surface area contributed by atoms with E-state index in [1.807, 2.05) is 12.3 Å². The predicted octanol–water partition coefficient (Wildman–Crippen LogP) is 4.30. The van der Waals surface area contributed by atoms with Crippen LogP contribution in [-0.2, 0) is 12.8 Å². The third-order valence-electron chi connectivity index (χ3n) is 3.42. The van der Waals surface area contributed by atoms with Crippen LogP contribution in [0.15, 0.2) is 47.1 Å². The van der Waals surface area contributed by atoms with Crippen LogP contribution in [0.5, 0.6) is 0 Å². The van der Waals surface area contributed by atoms with Crippen LogP contribution in [0.3, 0.4) is 0 Å². The molecule has 0 aliphatic carbocycles. The summed E-state index contributed by atoms with van der Waals surface area (Å²) in [5.74, 6) is 0. The normalized spacial score (nSPS) is 12.3. The third kappa shape index (κ3) is 3.90. The molecule has 1 atom stereocenters. The summed E-state index contributed by atoms with van der Waals surface area (Å²) in [6.45, 7) is 5.27. The molecule has 0 radical (unpaired) electrons. The summed E-state index contributed by atoms with van der Waals surface area (Å²) in [7, 11) is 0. The zero-order chi connectivity index (χ0) is 14.4. The number of benzene rings is 1. The van der Waals surface area contributed by atoms with Gasteiger partial charge in [0.15, 0.2) is 0 Å². The van der Waals surface area contributed by atoms with Crippen molar-refractivity contribution >= 4 is 15.9 Å². The number of nitrogens with one attached hydrogen (secondary N) is 1. The molecule has 0 spiro atoms. The van der Waals surface area contributed by atoms with E-state index in [9.17, 15) is 0 Å². The first kappa shape index (κ1) is 15.2. The molecule has 0 fully saturated rings. The molecule has 0 bridgehead atoms. The molecule has 1 N–H and O–H groups in total. The Bertz CT molecular complexity index is 554. The predicted molar refractivity (Wildman–Crippen MR) is 87.9 cm³/mol. The molecular formula is C17H21BrN2. The Morgan fingerprint density at radius 2 is 2.05 bits per heavy atom. The van der Waals surface area contributed by atoms with Crippen molar-refractivity contribution in [3.05, 3.63) is 63.9 Å². The minimum absolute atomic E-state index is 0.269. The van der Waals surface area contributed by atoms with Crippen LogP contribution in [0, 0.1) is 0 Å². The van der Waals surface area contributed by atoms with Crippen molar-refractivity contribution in [2.45, 2.75) is 32.7 Å². The summed E-state index contributed by atoms with van der Waals surface area (Å²) in [6, 6.07) is 13.0. The summed E-state index contributed by atoms with van der Waals surface area (Å²) in [4.78, 5) is 4.61. The highest BCUT2D eigenvalue weighted by atomic mass is 79.9. The molecule has 1 unspecified atom stereocenters. The average molecular weight is 333 g/mol. The van der Waals surface area contributed by atoms with E-state index in [1.165, 1.54) is 16.8 Å². The number of pyridine rings is 1. The Labute approximate surface area is 129 Å². The zero-order valence-corrected chi connectivity index (χ0v) is 13.7. The third-order valence-corrected chi connectivity index (χ3v) is 3.91. The molecule has 0 aliphatic rings. The maximum atomic E-state index is 4.61. The van der Waals surface area contributed by atoms with Crippen molar-refractivity contribution in [3.63, 3.8) is 0 Å². The molecule has 1 heterocycles. The molecule has 0 saturated carbocycles. The SMILES string of the molecule is CCNC(Cc1cccc(Br)c1)c1ncccc1CC. The fraction of sp³-hybridized carbons (Fsp3) is 0.353. The van der Waals surface area contributed by atoms with Crippen LogP contribution < -0.4 is 5.32 Å². The molecule has 0 aliphatic heterocycles. The lowest BCUT2D eigenvalue weighted by atomic mass is 9.98. The molecule has 106 valence electrons. The second-order valence-electron chi connectivity index (χ2n) is 4.85. The largest absolute Gasteiger partial charge is 0.309 e. The smallest absolute Gasteiger partial charge is 0.0608 e. The standard InChI is InChI=1S/C17H21BrN2/c1-3-14-8-6-10-20-17(14)16(19-4-2)12-13-7-5-9-15(18)11-13/h5-11,16,19H,3-4,12H2,1-2H3. The molecule has 20 heavy (non-hydrogen) atoms. The number of rotatable bonds is 6. The van der Waals surface area contributed by atoms with E-state index >= 15 is 0 Å². The molecule has 2 nitrogen and oxygen atoms in total. The van der Waals surface area contributed by atoms with Crippen molar-refractivity contribution in [2.75, 3.05) is 6.54 Å². The minimum Gasteiger partial charge on any atom is -0.309 e. The lowest BCUT2D eigenvalue weighted by Crippen LogP contribution is -2.25. The van der Waals surface area contributed by atoms with Crippen LogP contribution in [0.1, 0.15) is 36.7 Å². The van der Waals surface area contributed by atoms with E-state index in [1.54, 1.807) is 0 Å². The highest BCUT2D eigenvalue weighted by Gasteiger charge is 2.15. The van der Waals surface area contributed by atoms with Gasteiger partial charge in [0.2, 0.25) is 0 Å². The minimum atomic E-state index is 0.269. The van der Waals surface area contributed by atoms with Gasteiger partial charge in [-0.15, -0.1) is 0 Å². The van der Waals surface area contributed by atoms with E-state index in [0.29, 0.717) is 0 Å². The topological polar surface area (TPSA) is 24.9 Å². The van der Waals surface area contributed by atoms with Gasteiger partial charge in [-0.1, -0.05) is 48.0 Å². The lowest BCUT2D eigenvalue weighted by molar-refractivity contribution is 0.532. The Kier molecular flexibility index (Phi) is 5.74. The van der Waals surface area contributed by atoms with E-state index in [2.05, 4.69) is 70.4 Å². The highest BCUT2D eigenvalue weighted by Crippen LogP contribution is 2.22. The molecule has 3 heteroatoms. The van der Waals surface area contributed by atoms with Gasteiger partial charge in [0, 0.05) is 10.7 Å². The summed E-state index contributed by atoms with van der Waals surface area (Å²) >= 11 is 3.54. The van der Waals surface area contributed by atoms with Crippen molar-refractivity contribution < 1.29 is 0 Å². The average Bonchev–Trinajstić information content (AvgIpc) is 2.47. The second-order valence-corrected chi connectivity index (χ2v) is 5.76. The van der Waals surface area contributed by atoms with Gasteiger partial charge >= 0.3 is 0 Å². The Morgan fingerprint density at radius 3 is 2.75 bits per heavy atom. The van der Waals surface area contributed by atoms with Gasteiger partial charge in [-0.25, -0.2) is 0 Å². The van der Waals surface area contributed by atoms with Gasteiger partial charge in [0.1, 0.15) is 0 Å². The van der Waals surface area contributed by atoms with Gasteiger partial charge < -0.3 is 5.32 Å². The highest BCUT2D eigenvalue weighted by molar-refractivity contribution is 9.10. The number of aromatic nitrogens is 1. The monoisotopic (exact) mass is 332 g/mol. The molecule has 0 saturated heterocycles. The zero-order valence-electron chi connectivity index (χ0n) is 12.1. The Hall–Kier alpha value is -1.19. The van der Waals surface area contributed by atoms with E-state index in [4.69, 9.17) is 0 Å². The van der Waals surface area contributed by atoms with E-state index < -0.39 is 0 Å². The van der Waals surface area contributed by atoms with Crippen LogP contribution in [0.25, 0.3) is 0 Å². The Morgan fingerprint density at radius 1 is 1.20 bits per heavy atom. The molecule has 1 aromatic carbocycles. The van der Waals surface area contributed by atoms with Gasteiger partial charge in [-0.05, 0) is 48.7 Å². The number of hydrogen-bond acceptors (Lipinski definition) is 2. The van der Waals surface area contributed by atoms with Gasteiger partial charge in [-0.2, -0.15) is 0 Å². The lowest BCUT2D eigenvalue weighted by Gasteiger charge is -2.20. The molecule has 1 aromatic heterocycles. The maximum absolute atomic E-state index is 4.61. The number of hydrogen-bond donors (Lipinski definition) is 1. The summed E-state index contributed by atoms with van der Waals surface area (Å²) in [5, 5.41) is 3.56. The quantitative estimate of drug-likeness (QED) is 0.853.